The summed E-state index contributed by atoms with van der Waals surface area (Å²) in [5.41, 5.74) is 3.93. The summed E-state index contributed by atoms with van der Waals surface area (Å²) in [4.78, 5) is 20.3. The summed E-state index contributed by atoms with van der Waals surface area (Å²) >= 11 is 0. The van der Waals surface area contributed by atoms with Crippen molar-refractivity contribution in [1.29, 1.82) is 0 Å². The summed E-state index contributed by atoms with van der Waals surface area (Å²) in [6.45, 7) is 7.95. The molecule has 3 rings (SSSR count). The number of hydrogen-bond donors (Lipinski definition) is 1. The smallest absolute Gasteiger partial charge is 0.266 e. The largest absolute Gasteiger partial charge is 0.308 e. The van der Waals surface area contributed by atoms with E-state index < -0.39 is 0 Å². The van der Waals surface area contributed by atoms with Crippen molar-refractivity contribution in [2.24, 2.45) is 0 Å². The highest BCUT2D eigenvalue weighted by atomic mass is 16.1. The molecule has 5 nitrogen and oxygen atoms in total. The molecule has 1 aromatic heterocycles. The lowest BCUT2D eigenvalue weighted by atomic mass is 10.1. The number of likely N-dealkylation sites (N-methyl/N-ethyl adjacent to an activating group) is 1. The van der Waals surface area contributed by atoms with E-state index in [2.05, 4.69) is 43.1 Å². The minimum Gasteiger partial charge on any atom is -0.308 e. The Morgan fingerprint density at radius 3 is 2.56 bits per heavy atom. The first kappa shape index (κ1) is 19.3. The second-order valence-electron chi connectivity index (χ2n) is 7.38. The molecule has 0 aliphatic heterocycles. The summed E-state index contributed by atoms with van der Waals surface area (Å²) in [5, 5.41) is 4.13. The fourth-order valence-electron chi connectivity index (χ4n) is 3.15. The number of rotatable bonds is 6. The first-order chi connectivity index (χ1) is 12.9. The number of benzene rings is 2. The lowest BCUT2D eigenvalue weighted by Gasteiger charge is -2.21. The molecule has 3 aromatic rings. The molecule has 142 valence electrons. The summed E-state index contributed by atoms with van der Waals surface area (Å²) in [6, 6.07) is 13.6. The molecule has 0 fully saturated rings. The Kier molecular flexibility index (Phi) is 5.73. The van der Waals surface area contributed by atoms with E-state index in [1.807, 2.05) is 44.4 Å². The molecule has 1 N–H and O–H groups in total. The van der Waals surface area contributed by atoms with Crippen molar-refractivity contribution in [1.82, 2.24) is 19.8 Å². The Morgan fingerprint density at radius 1 is 1.11 bits per heavy atom. The molecule has 1 atom stereocenters. The van der Waals surface area contributed by atoms with Gasteiger partial charge in [-0.05, 0) is 70.3 Å². The van der Waals surface area contributed by atoms with Crippen LogP contribution in [0.3, 0.4) is 0 Å². The molecular formula is C22H28N4O. The summed E-state index contributed by atoms with van der Waals surface area (Å²) < 4.78 is 1.75. The zero-order valence-electron chi connectivity index (χ0n) is 16.8. The van der Waals surface area contributed by atoms with Crippen molar-refractivity contribution in [3.63, 3.8) is 0 Å². The van der Waals surface area contributed by atoms with E-state index in [-0.39, 0.29) is 11.6 Å². The van der Waals surface area contributed by atoms with Crippen LogP contribution in [0.25, 0.3) is 16.6 Å². The van der Waals surface area contributed by atoms with Gasteiger partial charge < -0.3 is 10.2 Å². The quantitative estimate of drug-likeness (QED) is 0.730. The average molecular weight is 364 g/mol. The molecule has 2 aromatic carbocycles. The van der Waals surface area contributed by atoms with Crippen LogP contribution in [0.5, 0.6) is 0 Å². The number of nitrogens with zero attached hydrogens (tertiary/aromatic N) is 3. The number of nitrogens with one attached hydrogen (secondary N) is 1. The van der Waals surface area contributed by atoms with Crippen molar-refractivity contribution in [3.05, 3.63) is 69.8 Å². The molecule has 0 unspecified atom stereocenters. The third kappa shape index (κ3) is 4.10. The zero-order chi connectivity index (χ0) is 19.6. The zero-order valence-corrected chi connectivity index (χ0v) is 16.8. The molecular weight excluding hydrogens is 336 g/mol. The Balaban J connectivity index is 2.15. The number of hydrogen-bond acceptors (Lipinski definition) is 4. The van der Waals surface area contributed by atoms with Crippen molar-refractivity contribution >= 4 is 10.9 Å². The molecule has 0 aliphatic carbocycles. The summed E-state index contributed by atoms with van der Waals surface area (Å²) in [5.74, 6) is 0.737. The Bertz CT molecular complexity index is 1010. The van der Waals surface area contributed by atoms with Gasteiger partial charge in [0.1, 0.15) is 5.82 Å². The predicted octanol–water partition coefficient (Wildman–Crippen LogP) is 3.21. The van der Waals surface area contributed by atoms with Gasteiger partial charge in [0.05, 0.1) is 22.6 Å². The third-order valence-electron chi connectivity index (χ3n) is 4.95. The van der Waals surface area contributed by atoms with Crippen LogP contribution in [0, 0.1) is 13.8 Å². The maximum absolute atomic E-state index is 13.3. The standard InChI is InChI=1S/C22H28N4O/c1-15-10-11-18(14-16(15)2)26-21(17(3)23-12-13-25(4)5)24-20-9-7-6-8-19(20)22(26)27/h6-11,14,17,23H,12-13H2,1-5H3/t17-/m0/s1. The molecule has 1 heterocycles. The van der Waals surface area contributed by atoms with Gasteiger partial charge in [0.2, 0.25) is 0 Å². The highest BCUT2D eigenvalue weighted by molar-refractivity contribution is 5.77. The first-order valence-corrected chi connectivity index (χ1v) is 9.36. The molecule has 0 bridgehead atoms. The van der Waals surface area contributed by atoms with Crippen LogP contribution in [0.4, 0.5) is 0 Å². The number of aromatic nitrogens is 2. The van der Waals surface area contributed by atoms with Crippen molar-refractivity contribution in [2.45, 2.75) is 26.8 Å². The minimum atomic E-state index is -0.0520. The maximum Gasteiger partial charge on any atom is 0.266 e. The fraction of sp³-hybridized carbons (Fsp3) is 0.364. The van der Waals surface area contributed by atoms with Gasteiger partial charge in [-0.15, -0.1) is 0 Å². The Morgan fingerprint density at radius 2 is 1.85 bits per heavy atom. The predicted molar refractivity (Wildman–Crippen MR) is 112 cm³/mol. The third-order valence-corrected chi connectivity index (χ3v) is 4.95. The molecule has 5 heteroatoms. The lowest BCUT2D eigenvalue weighted by Crippen LogP contribution is -2.33. The topological polar surface area (TPSA) is 50.2 Å². The van der Waals surface area contributed by atoms with Crippen LogP contribution < -0.4 is 10.9 Å². The molecule has 0 saturated heterocycles. The van der Waals surface area contributed by atoms with E-state index in [0.29, 0.717) is 5.39 Å². The van der Waals surface area contributed by atoms with E-state index in [4.69, 9.17) is 4.98 Å². The highest BCUT2D eigenvalue weighted by Gasteiger charge is 2.18. The van der Waals surface area contributed by atoms with E-state index in [0.717, 1.165) is 35.7 Å². The van der Waals surface area contributed by atoms with Gasteiger partial charge in [-0.2, -0.15) is 0 Å². The van der Waals surface area contributed by atoms with Gasteiger partial charge in [0, 0.05) is 13.1 Å². The van der Waals surface area contributed by atoms with Crippen molar-refractivity contribution in [2.75, 3.05) is 27.2 Å². The average Bonchev–Trinajstić information content (AvgIpc) is 2.63. The number of fused-ring (bicyclic) bond motifs is 1. The van der Waals surface area contributed by atoms with Gasteiger partial charge >= 0.3 is 0 Å². The van der Waals surface area contributed by atoms with Gasteiger partial charge in [0.25, 0.3) is 5.56 Å². The Hall–Kier alpha value is -2.50. The van der Waals surface area contributed by atoms with Crippen molar-refractivity contribution in [3.8, 4) is 5.69 Å². The normalized spacial score (nSPS) is 12.7. The fourth-order valence-corrected chi connectivity index (χ4v) is 3.15. The monoisotopic (exact) mass is 364 g/mol. The molecule has 0 spiro atoms. The van der Waals surface area contributed by atoms with E-state index in [9.17, 15) is 4.79 Å². The van der Waals surface area contributed by atoms with Crippen LogP contribution in [0.15, 0.2) is 47.3 Å². The van der Waals surface area contributed by atoms with E-state index in [1.54, 1.807) is 4.57 Å². The molecule has 27 heavy (non-hydrogen) atoms. The number of para-hydroxylation sites is 1. The summed E-state index contributed by atoms with van der Waals surface area (Å²) in [6.07, 6.45) is 0. The highest BCUT2D eigenvalue weighted by Crippen LogP contribution is 2.20. The van der Waals surface area contributed by atoms with Crippen LogP contribution in [-0.2, 0) is 0 Å². The van der Waals surface area contributed by atoms with E-state index >= 15 is 0 Å². The second-order valence-corrected chi connectivity index (χ2v) is 7.38. The maximum atomic E-state index is 13.3. The van der Waals surface area contributed by atoms with E-state index in [1.165, 1.54) is 5.56 Å². The van der Waals surface area contributed by atoms with Crippen molar-refractivity contribution < 1.29 is 0 Å². The molecule has 0 aliphatic rings. The van der Waals surface area contributed by atoms with Gasteiger partial charge in [-0.3, -0.25) is 9.36 Å². The molecule has 0 amide bonds. The lowest BCUT2D eigenvalue weighted by molar-refractivity contribution is 0.385. The van der Waals surface area contributed by atoms with Crippen LogP contribution in [-0.4, -0.2) is 41.6 Å². The minimum absolute atomic E-state index is 0.0277. The second kappa shape index (κ2) is 8.03. The summed E-state index contributed by atoms with van der Waals surface area (Å²) in [7, 11) is 4.09. The molecule has 0 radical (unpaired) electrons. The SMILES string of the molecule is Cc1ccc(-n2c([C@H](C)NCCN(C)C)nc3ccccc3c2=O)cc1C. The Labute approximate surface area is 160 Å². The van der Waals surface area contributed by atoms with Gasteiger partial charge in [-0.1, -0.05) is 18.2 Å². The van der Waals surface area contributed by atoms with Crippen LogP contribution >= 0.6 is 0 Å². The van der Waals surface area contributed by atoms with Gasteiger partial charge in [0.15, 0.2) is 0 Å². The van der Waals surface area contributed by atoms with Crippen LogP contribution in [0.2, 0.25) is 0 Å². The van der Waals surface area contributed by atoms with Crippen LogP contribution in [0.1, 0.15) is 29.9 Å². The molecule has 0 saturated carbocycles. The first-order valence-electron chi connectivity index (χ1n) is 9.36. The number of aryl methyl sites for hydroxylation is 2. The van der Waals surface area contributed by atoms with Gasteiger partial charge in [-0.25, -0.2) is 4.98 Å².